The zero-order valence-electron chi connectivity index (χ0n) is 16.2. The number of fused-ring (bicyclic) bond motifs is 1. The van der Waals surface area contributed by atoms with E-state index in [4.69, 9.17) is 11.6 Å². The predicted molar refractivity (Wildman–Crippen MR) is 109 cm³/mol. The molecule has 3 rings (SSSR count). The zero-order chi connectivity index (χ0) is 20.8. The fraction of sp³-hybridized carbons (Fsp3) is 0.273. The third kappa shape index (κ3) is 2.96. The summed E-state index contributed by atoms with van der Waals surface area (Å²) < 4.78 is 1.51. The van der Waals surface area contributed by atoms with Crippen LogP contribution in [0.1, 0.15) is 42.4 Å². The maximum Gasteiger partial charge on any atom is 0.314 e. The lowest BCUT2D eigenvalue weighted by Gasteiger charge is -2.30. The molecule has 1 heterocycles. The van der Waals surface area contributed by atoms with Gasteiger partial charge in [0.1, 0.15) is 5.75 Å². The molecule has 1 aromatic heterocycles. The van der Waals surface area contributed by atoms with Gasteiger partial charge in [0.25, 0.3) is 5.91 Å². The molecule has 0 aliphatic carbocycles. The smallest absolute Gasteiger partial charge is 0.314 e. The van der Waals surface area contributed by atoms with E-state index in [1.165, 1.54) is 16.7 Å². The van der Waals surface area contributed by atoms with Gasteiger partial charge >= 0.3 is 5.97 Å². The van der Waals surface area contributed by atoms with Crippen LogP contribution in [0.3, 0.4) is 0 Å². The Balaban J connectivity index is 2.37. The van der Waals surface area contributed by atoms with Crippen LogP contribution < -0.4 is 0 Å². The Kier molecular flexibility index (Phi) is 4.98. The first-order chi connectivity index (χ1) is 13.1. The highest BCUT2D eigenvalue weighted by molar-refractivity contribution is 6.30. The van der Waals surface area contributed by atoms with Crippen LogP contribution in [0.15, 0.2) is 42.5 Å². The third-order valence-corrected chi connectivity index (χ3v) is 5.85. The highest BCUT2D eigenvalue weighted by Crippen LogP contribution is 2.42. The van der Waals surface area contributed by atoms with E-state index in [-0.39, 0.29) is 17.6 Å². The fourth-order valence-corrected chi connectivity index (χ4v) is 3.81. The average Bonchev–Trinajstić information content (AvgIpc) is 2.92. The number of hydrogen-bond acceptors (Lipinski definition) is 3. The molecule has 28 heavy (non-hydrogen) atoms. The van der Waals surface area contributed by atoms with Gasteiger partial charge in [-0.15, -0.1) is 0 Å². The Morgan fingerprint density at radius 1 is 1.11 bits per heavy atom. The number of aromatic nitrogens is 1. The van der Waals surface area contributed by atoms with Gasteiger partial charge < -0.3 is 10.2 Å². The Bertz CT molecular complexity index is 1080. The van der Waals surface area contributed by atoms with Crippen molar-refractivity contribution in [3.63, 3.8) is 0 Å². The molecule has 0 aliphatic heterocycles. The van der Waals surface area contributed by atoms with Gasteiger partial charge in [-0.1, -0.05) is 25.4 Å². The minimum absolute atomic E-state index is 0.0151. The lowest BCUT2D eigenvalue weighted by Crippen LogP contribution is -2.38. The molecule has 0 amide bonds. The van der Waals surface area contributed by atoms with Crippen molar-refractivity contribution in [2.45, 2.75) is 33.1 Å². The van der Waals surface area contributed by atoms with E-state index in [1.807, 2.05) is 13.8 Å². The summed E-state index contributed by atoms with van der Waals surface area (Å²) in [5, 5.41) is 21.1. The van der Waals surface area contributed by atoms with Gasteiger partial charge in [-0.05, 0) is 67.8 Å². The Labute approximate surface area is 168 Å². The molecular formula is C22H22ClNO4. The van der Waals surface area contributed by atoms with Crippen LogP contribution in [-0.2, 0) is 10.2 Å². The SMILES string of the molecule is Cc1c([C@@](C)(C(=O)O)C(C)C)c2cc(O)ccc2n1C(=O)c1ccc(Cl)cc1. The number of carboxylic acids is 1. The standard InChI is InChI=1S/C22H22ClNO4/c1-12(2)22(4,21(27)28)19-13(3)24(18-10-9-16(25)11-17(18)19)20(26)14-5-7-15(23)8-6-14/h5-12,25H,1-4H3,(H,27,28)/t22-/m0/s1. The summed E-state index contributed by atoms with van der Waals surface area (Å²) >= 11 is 5.93. The van der Waals surface area contributed by atoms with Gasteiger partial charge in [0, 0.05) is 21.7 Å². The van der Waals surface area contributed by atoms with Crippen LogP contribution in [0.4, 0.5) is 0 Å². The first-order valence-corrected chi connectivity index (χ1v) is 9.35. The van der Waals surface area contributed by atoms with Crippen molar-refractivity contribution >= 4 is 34.4 Å². The first-order valence-electron chi connectivity index (χ1n) is 8.97. The van der Waals surface area contributed by atoms with E-state index < -0.39 is 11.4 Å². The minimum atomic E-state index is -1.23. The van der Waals surface area contributed by atoms with Crippen molar-refractivity contribution in [1.29, 1.82) is 0 Å². The van der Waals surface area contributed by atoms with Gasteiger partial charge in [0.15, 0.2) is 0 Å². The van der Waals surface area contributed by atoms with Gasteiger partial charge in [-0.3, -0.25) is 14.2 Å². The van der Waals surface area contributed by atoms with Crippen molar-refractivity contribution in [1.82, 2.24) is 4.57 Å². The predicted octanol–water partition coefficient (Wildman–Crippen LogP) is 5.00. The summed E-state index contributed by atoms with van der Waals surface area (Å²) in [7, 11) is 0. The number of carbonyl (C=O) groups is 2. The van der Waals surface area contributed by atoms with Crippen LogP contribution in [0.25, 0.3) is 10.9 Å². The molecule has 0 radical (unpaired) electrons. The Hall–Kier alpha value is -2.79. The van der Waals surface area contributed by atoms with Crippen LogP contribution >= 0.6 is 11.6 Å². The quantitative estimate of drug-likeness (QED) is 0.647. The molecule has 2 N–H and O–H groups in total. The number of hydrogen-bond donors (Lipinski definition) is 2. The van der Waals surface area contributed by atoms with E-state index in [2.05, 4.69) is 0 Å². The molecule has 146 valence electrons. The summed E-state index contributed by atoms with van der Waals surface area (Å²) in [6, 6.07) is 11.2. The summed E-state index contributed by atoms with van der Waals surface area (Å²) in [4.78, 5) is 25.5. The van der Waals surface area contributed by atoms with E-state index >= 15 is 0 Å². The molecule has 5 nitrogen and oxygen atoms in total. The lowest BCUT2D eigenvalue weighted by atomic mass is 9.72. The molecule has 0 bridgehead atoms. The van der Waals surface area contributed by atoms with Crippen molar-refractivity contribution in [2.75, 3.05) is 0 Å². The molecule has 0 saturated carbocycles. The fourth-order valence-electron chi connectivity index (χ4n) is 3.69. The van der Waals surface area contributed by atoms with Crippen LogP contribution in [0.2, 0.25) is 5.02 Å². The monoisotopic (exact) mass is 399 g/mol. The number of benzene rings is 2. The second-order valence-corrected chi connectivity index (χ2v) is 7.91. The number of nitrogens with zero attached hydrogens (tertiary/aromatic N) is 1. The molecule has 3 aromatic rings. The summed E-state index contributed by atoms with van der Waals surface area (Å²) in [6.45, 7) is 7.06. The number of rotatable bonds is 4. The van der Waals surface area contributed by atoms with Crippen LogP contribution in [0.5, 0.6) is 5.75 Å². The molecule has 1 atom stereocenters. The van der Waals surface area contributed by atoms with Crippen molar-refractivity contribution in [2.24, 2.45) is 5.92 Å². The largest absolute Gasteiger partial charge is 0.508 e. The zero-order valence-corrected chi connectivity index (χ0v) is 16.9. The van der Waals surface area contributed by atoms with Crippen molar-refractivity contribution in [3.05, 3.63) is 64.3 Å². The highest BCUT2D eigenvalue weighted by Gasteiger charge is 2.43. The number of carbonyl (C=O) groups excluding carboxylic acids is 1. The Morgan fingerprint density at radius 3 is 2.25 bits per heavy atom. The topological polar surface area (TPSA) is 79.5 Å². The number of phenolic OH excluding ortho intramolecular Hbond substituents is 1. The molecule has 0 fully saturated rings. The van der Waals surface area contributed by atoms with Crippen LogP contribution in [0, 0.1) is 12.8 Å². The molecule has 2 aromatic carbocycles. The van der Waals surface area contributed by atoms with Crippen molar-refractivity contribution in [3.8, 4) is 5.75 Å². The number of phenols is 1. The second-order valence-electron chi connectivity index (χ2n) is 7.47. The van der Waals surface area contributed by atoms with Gasteiger partial charge in [-0.25, -0.2) is 0 Å². The van der Waals surface area contributed by atoms with Gasteiger partial charge in [0.05, 0.1) is 10.9 Å². The normalized spacial score (nSPS) is 13.6. The minimum Gasteiger partial charge on any atom is -0.508 e. The van der Waals surface area contributed by atoms with E-state index in [1.54, 1.807) is 44.2 Å². The highest BCUT2D eigenvalue weighted by atomic mass is 35.5. The summed E-state index contributed by atoms with van der Waals surface area (Å²) in [6.07, 6.45) is 0. The van der Waals surface area contributed by atoms with E-state index in [0.29, 0.717) is 32.7 Å². The van der Waals surface area contributed by atoms with Crippen molar-refractivity contribution < 1.29 is 19.8 Å². The Morgan fingerprint density at radius 2 is 1.71 bits per heavy atom. The number of aromatic hydroxyl groups is 1. The van der Waals surface area contributed by atoms with Gasteiger partial charge in [0.2, 0.25) is 0 Å². The third-order valence-electron chi connectivity index (χ3n) is 5.60. The maximum atomic E-state index is 13.3. The maximum absolute atomic E-state index is 13.3. The first kappa shape index (κ1) is 20.0. The second kappa shape index (κ2) is 6.99. The molecule has 0 aliphatic rings. The molecule has 0 unspecified atom stereocenters. The summed E-state index contributed by atoms with van der Waals surface area (Å²) in [5.74, 6) is -1.49. The summed E-state index contributed by atoms with van der Waals surface area (Å²) in [5.41, 5.74) is 0.827. The number of halogens is 1. The van der Waals surface area contributed by atoms with E-state index in [9.17, 15) is 19.8 Å². The number of carboxylic acid groups (broad SMARTS) is 1. The molecule has 6 heteroatoms. The molecule has 0 spiro atoms. The molecular weight excluding hydrogens is 378 g/mol. The van der Waals surface area contributed by atoms with Gasteiger partial charge in [-0.2, -0.15) is 0 Å². The van der Waals surface area contributed by atoms with E-state index in [0.717, 1.165) is 0 Å². The average molecular weight is 400 g/mol. The van der Waals surface area contributed by atoms with Crippen LogP contribution in [-0.4, -0.2) is 26.7 Å². The molecule has 0 saturated heterocycles. The lowest BCUT2D eigenvalue weighted by molar-refractivity contribution is -0.145. The number of aliphatic carboxylic acids is 1.